The first kappa shape index (κ1) is 88.9. The molecule has 16 bridgehead atoms. The molecule has 0 radical (unpaired) electrons. The lowest BCUT2D eigenvalue weighted by atomic mass is 9.78. The third-order valence-corrected chi connectivity index (χ3v) is 25.4. The molecule has 8 nitrogen and oxygen atoms in total. The van der Waals surface area contributed by atoms with Gasteiger partial charge in [-0.1, -0.05) is 300 Å². The zero-order valence-corrected chi connectivity index (χ0v) is 80.6. The molecule has 6 aromatic heterocycles. The largest absolute Gasteiger partial charge is 0.354 e. The maximum Gasteiger partial charge on any atom is 0.165 e. The highest BCUT2D eigenvalue weighted by molar-refractivity contribution is 6.02. The third-order valence-electron chi connectivity index (χ3n) is 25.4. The van der Waals surface area contributed by atoms with Crippen molar-refractivity contribution in [1.29, 1.82) is 0 Å². The van der Waals surface area contributed by atoms with Gasteiger partial charge in [0.25, 0.3) is 0 Å². The fourth-order valence-electron chi connectivity index (χ4n) is 17.4. The second kappa shape index (κ2) is 33.7. The van der Waals surface area contributed by atoms with Crippen LogP contribution in [-0.2, 0) is 43.3 Å². The quantitative estimate of drug-likeness (QED) is 0.0940. The summed E-state index contributed by atoms with van der Waals surface area (Å²) in [5.74, 6) is 28.2. The smallest absolute Gasteiger partial charge is 0.165 e. The van der Waals surface area contributed by atoms with Gasteiger partial charge in [0, 0.05) is 102 Å². The van der Waals surface area contributed by atoms with Crippen molar-refractivity contribution >= 4 is 92.7 Å². The van der Waals surface area contributed by atoms with E-state index in [0.29, 0.717) is 28.4 Å². The Hall–Kier alpha value is -14.2. The Morgan fingerprint density at radius 2 is 0.405 bits per heavy atom. The molecule has 0 atom stereocenters. The number of fused-ring (bicyclic) bond motifs is 16. The number of rotatable bonds is 7. The fraction of sp³-hybridized carbons (Fsp3) is 0.260. The van der Waals surface area contributed by atoms with Crippen LogP contribution in [0.2, 0.25) is 0 Å². The van der Waals surface area contributed by atoms with Gasteiger partial charge >= 0.3 is 0 Å². The van der Waals surface area contributed by atoms with Crippen molar-refractivity contribution in [2.45, 2.75) is 209 Å². The molecule has 0 spiro atoms. The van der Waals surface area contributed by atoms with Gasteiger partial charge in [-0.2, -0.15) is 0 Å². The van der Waals surface area contributed by atoms with Gasteiger partial charge < -0.3 is 19.9 Å². The van der Waals surface area contributed by atoms with E-state index in [4.69, 9.17) is 19.9 Å². The van der Waals surface area contributed by atoms with Gasteiger partial charge in [0.15, 0.2) is 5.92 Å². The monoisotopic (exact) mass is 1710 g/mol. The van der Waals surface area contributed by atoms with E-state index >= 15 is 0 Å². The molecule has 13 aromatic rings. The maximum absolute atomic E-state index is 5.73. The molecule has 0 fully saturated rings. The molecular formula is C123H119N8+. The van der Waals surface area contributed by atoms with Gasteiger partial charge in [-0.15, -0.1) is 0 Å². The van der Waals surface area contributed by atoms with Crippen LogP contribution in [0.25, 0.3) is 160 Å². The van der Waals surface area contributed by atoms with Gasteiger partial charge in [0.2, 0.25) is 0 Å². The number of aromatic nitrogens is 8. The Morgan fingerprint density at radius 1 is 0.206 bits per heavy atom. The van der Waals surface area contributed by atoms with E-state index in [2.05, 4.69) is 464 Å². The second-order valence-corrected chi connectivity index (χ2v) is 43.7. The molecule has 4 aliphatic rings. The number of nitrogens with zero attached hydrogens (tertiary/aromatic N) is 4. The van der Waals surface area contributed by atoms with E-state index in [1.807, 2.05) is 30.3 Å². The summed E-state index contributed by atoms with van der Waals surface area (Å²) in [5.41, 5.74) is 36.2. The SMILES string of the molecule is CC(C)(C)c1cc(-c2c3nc(c(-c4ccccc4)c4ccc([nH]4)c(-c4cc(C(C)(C)C)cc(C(C)(C)C)c4)c4nc(c(C#CC#C[C+](C#CC#Cc5c6nc(c(-c7cc(C(C)(C)C)cc(C(C)(C)C)c7)c7ccc([nH]7)c(-c7ccccc7)c7nc(c(-c8cc(C(C)(C)C)cc(C(C)(C)C)c8)c8ccc5[nH]8)C=C7)C=C6)c5ccccc5)c5ccc2[nH]5)C=C4)C=C3)cc(C(C)(C)C)c1. The molecule has 0 unspecified atom stereocenters. The summed E-state index contributed by atoms with van der Waals surface area (Å²) in [6.07, 6.45) is 17.2. The molecule has 10 heterocycles. The van der Waals surface area contributed by atoms with Crippen LogP contribution in [-0.4, -0.2) is 39.9 Å². The molecule has 4 N–H and O–H groups in total. The fourth-order valence-corrected chi connectivity index (χ4v) is 17.4. The topological polar surface area (TPSA) is 115 Å². The standard InChI is InChI=1S/C123H119N8/c1-116(2,3)84-64-80(65-85(72-84)117(4,5)6)112-102-52-48-94(124-102)92(95-49-53-103(125-95)113(81-66-86(118(7,8)9)73-87(67-81)119(10,11)12)107-61-57-99(129-107)110(78-42-30-26-31-43-78)98-56-60-106(112)128-98)46-36-34-40-77(76-38-28-25-29-39-76)41-35-37-47-93-96-50-54-104(126-96)114(82-68-88(120(13,14)15)74-89(69-82)121(16,17)18)108-62-58-100(130-108)111(79-44-32-27-33-45-79)101-59-63-109(131-101)115(105-55-51-97(93)127-105)83-70-90(122(19,20)21)75-91(71-83)123(22,23)24/h25-33,38-39,42-45,48-75,124,126,129,131H,1-24H3/q+1. The van der Waals surface area contributed by atoms with E-state index in [1.54, 1.807) is 0 Å². The predicted molar refractivity (Wildman–Crippen MR) is 558 cm³/mol. The highest BCUT2D eigenvalue weighted by Crippen LogP contribution is 2.46. The zero-order valence-electron chi connectivity index (χ0n) is 80.6. The lowest BCUT2D eigenvalue weighted by Gasteiger charge is -2.26. The minimum absolute atomic E-state index is 0.165. The average molecular weight is 1710 g/mol. The van der Waals surface area contributed by atoms with Crippen LogP contribution in [0.5, 0.6) is 0 Å². The van der Waals surface area contributed by atoms with Crippen molar-refractivity contribution in [2.24, 2.45) is 0 Å². The molecule has 131 heavy (non-hydrogen) atoms. The van der Waals surface area contributed by atoms with Crippen LogP contribution >= 0.6 is 0 Å². The number of nitrogens with one attached hydrogen (secondary N) is 4. The van der Waals surface area contributed by atoms with E-state index in [9.17, 15) is 0 Å². The Labute approximate surface area is 776 Å². The van der Waals surface area contributed by atoms with Crippen molar-refractivity contribution in [3.63, 3.8) is 0 Å². The van der Waals surface area contributed by atoms with Crippen molar-refractivity contribution in [2.75, 3.05) is 0 Å². The van der Waals surface area contributed by atoms with Gasteiger partial charge in [0.05, 0.1) is 85.1 Å². The summed E-state index contributed by atoms with van der Waals surface area (Å²) in [6.45, 7) is 55.0. The highest BCUT2D eigenvalue weighted by Gasteiger charge is 2.31. The summed E-state index contributed by atoms with van der Waals surface area (Å²) in [5, 5.41) is 0. The first-order valence-electron chi connectivity index (χ1n) is 46.0. The molecule has 0 amide bonds. The van der Waals surface area contributed by atoms with Crippen LogP contribution in [0.3, 0.4) is 0 Å². The van der Waals surface area contributed by atoms with Gasteiger partial charge in [0.1, 0.15) is 0 Å². The maximum atomic E-state index is 5.73. The highest BCUT2D eigenvalue weighted by atomic mass is 14.8. The Balaban J connectivity index is 0.892. The second-order valence-electron chi connectivity index (χ2n) is 43.7. The molecule has 0 saturated carbocycles. The van der Waals surface area contributed by atoms with Crippen molar-refractivity contribution in [1.82, 2.24) is 39.9 Å². The number of benzene rings is 7. The summed E-state index contributed by atoms with van der Waals surface area (Å²) < 4.78 is 0. The number of hydrogen-bond acceptors (Lipinski definition) is 4. The first-order valence-corrected chi connectivity index (χ1v) is 46.0. The average Bonchev–Trinajstić information content (AvgIpc) is 1.41. The van der Waals surface area contributed by atoms with E-state index in [-0.39, 0.29) is 43.3 Å². The molecule has 17 rings (SSSR count). The molecule has 7 aromatic carbocycles. The normalized spacial score (nSPS) is 12.8. The molecule has 4 aliphatic heterocycles. The Kier molecular flexibility index (Phi) is 22.9. The number of hydrogen-bond donors (Lipinski definition) is 4. The van der Waals surface area contributed by atoms with E-state index < -0.39 is 0 Å². The molecule has 0 aliphatic carbocycles. The van der Waals surface area contributed by atoms with Crippen LogP contribution in [0.1, 0.15) is 273 Å². The summed E-state index contributed by atoms with van der Waals surface area (Å²) in [7, 11) is 0. The zero-order chi connectivity index (χ0) is 92.8. The molecule has 0 saturated heterocycles. The van der Waals surface area contributed by atoms with Crippen molar-refractivity contribution < 1.29 is 0 Å². The Morgan fingerprint density at radius 3 is 0.641 bits per heavy atom. The lowest BCUT2D eigenvalue weighted by molar-refractivity contribution is 0.568. The van der Waals surface area contributed by atoms with E-state index in [0.717, 1.165) is 151 Å². The number of aromatic amines is 4. The molecule has 650 valence electrons. The third kappa shape index (κ3) is 18.6. The Bertz CT molecular complexity index is 6860. The van der Waals surface area contributed by atoms with Crippen molar-refractivity contribution in [3.8, 4) is 114 Å². The van der Waals surface area contributed by atoms with Gasteiger partial charge in [-0.3, -0.25) is 0 Å². The first-order chi connectivity index (χ1) is 61.9. The molecule has 8 heteroatoms. The summed E-state index contributed by atoms with van der Waals surface area (Å²) in [6, 6.07) is 77.1. The predicted octanol–water partition coefficient (Wildman–Crippen LogP) is 31.0. The number of H-pyrrole nitrogens is 4. The summed E-state index contributed by atoms with van der Waals surface area (Å²) in [4.78, 5) is 38.9. The van der Waals surface area contributed by atoms with Crippen LogP contribution < -0.4 is 0 Å². The summed E-state index contributed by atoms with van der Waals surface area (Å²) >= 11 is 0. The van der Waals surface area contributed by atoms with E-state index in [1.165, 1.54) is 44.5 Å². The van der Waals surface area contributed by atoms with Crippen molar-refractivity contribution in [3.05, 3.63) is 325 Å². The minimum atomic E-state index is -0.165. The van der Waals surface area contributed by atoms with Crippen LogP contribution in [0.15, 0.2) is 212 Å². The minimum Gasteiger partial charge on any atom is -0.354 e. The van der Waals surface area contributed by atoms with Gasteiger partial charge in [-0.25, -0.2) is 19.9 Å². The molecular weight excluding hydrogens is 1590 g/mol. The van der Waals surface area contributed by atoms with Crippen LogP contribution in [0.4, 0.5) is 0 Å². The van der Waals surface area contributed by atoms with Crippen LogP contribution in [0, 0.1) is 53.3 Å². The lowest BCUT2D eigenvalue weighted by Crippen LogP contribution is -2.16. The van der Waals surface area contributed by atoms with Gasteiger partial charge in [-0.05, 0) is 248 Å².